The zero-order chi connectivity index (χ0) is 11.5. The van der Waals surface area contributed by atoms with Gasteiger partial charge < -0.3 is 11.1 Å². The molecule has 0 aliphatic heterocycles. The summed E-state index contributed by atoms with van der Waals surface area (Å²) in [7, 11) is 0. The molecule has 0 radical (unpaired) electrons. The zero-order valence-corrected chi connectivity index (χ0v) is 10.2. The number of nitrogens with two attached hydrogens (primary N) is 1. The lowest BCUT2D eigenvalue weighted by Gasteiger charge is -2.20. The number of nitrogens with zero attached hydrogens (tertiary/aromatic N) is 2. The number of nitrogens with one attached hydrogen (secondary N) is 1. The maximum Gasteiger partial charge on any atom is 0.224 e. The van der Waals surface area contributed by atoms with Crippen molar-refractivity contribution >= 4 is 27.7 Å². The fourth-order valence-corrected chi connectivity index (χ4v) is 1.01. The number of aromatic nitrogens is 2. The largest absolute Gasteiger partial charge is 0.369 e. The van der Waals surface area contributed by atoms with Gasteiger partial charge in [-0.1, -0.05) is 0 Å². The second kappa shape index (κ2) is 4.57. The molecule has 6 heteroatoms. The van der Waals surface area contributed by atoms with E-state index < -0.39 is 5.41 Å². The van der Waals surface area contributed by atoms with E-state index in [0.29, 0.717) is 17.0 Å². The zero-order valence-electron chi connectivity index (χ0n) is 8.62. The third-order valence-corrected chi connectivity index (χ3v) is 2.41. The van der Waals surface area contributed by atoms with Gasteiger partial charge in [0.1, 0.15) is 10.4 Å². The van der Waals surface area contributed by atoms with Gasteiger partial charge in [-0.05, 0) is 29.8 Å². The second-order valence-electron chi connectivity index (χ2n) is 3.83. The number of hydrogen-bond acceptors (Lipinski definition) is 4. The molecule has 15 heavy (non-hydrogen) atoms. The molecule has 0 spiro atoms. The Morgan fingerprint density at radius 1 is 1.53 bits per heavy atom. The standard InChI is InChI=1S/C9H13BrN4O/c1-9(2,8(11)15)5-14-7-4-12-6(10)3-13-7/h3-4H,5H2,1-2H3,(H2,11,15)(H,13,14). The molecule has 5 nitrogen and oxygen atoms in total. The van der Waals surface area contributed by atoms with E-state index in [2.05, 4.69) is 31.2 Å². The molecule has 0 aliphatic carbocycles. The molecule has 0 saturated heterocycles. The third-order valence-electron chi connectivity index (χ3n) is 2.00. The van der Waals surface area contributed by atoms with Gasteiger partial charge in [-0.2, -0.15) is 0 Å². The van der Waals surface area contributed by atoms with Crippen molar-refractivity contribution in [1.29, 1.82) is 0 Å². The van der Waals surface area contributed by atoms with Gasteiger partial charge in [0.15, 0.2) is 0 Å². The van der Waals surface area contributed by atoms with E-state index in [4.69, 9.17) is 5.73 Å². The first-order valence-corrected chi connectivity index (χ1v) is 5.22. The number of halogens is 1. The minimum Gasteiger partial charge on any atom is -0.369 e. The van der Waals surface area contributed by atoms with E-state index in [0.717, 1.165) is 0 Å². The summed E-state index contributed by atoms with van der Waals surface area (Å²) in [6, 6.07) is 0. The monoisotopic (exact) mass is 272 g/mol. The molecule has 0 saturated carbocycles. The summed E-state index contributed by atoms with van der Waals surface area (Å²) in [4.78, 5) is 19.1. The van der Waals surface area contributed by atoms with Crippen molar-refractivity contribution < 1.29 is 4.79 Å². The smallest absolute Gasteiger partial charge is 0.224 e. The minimum atomic E-state index is -0.602. The van der Waals surface area contributed by atoms with Crippen LogP contribution < -0.4 is 11.1 Å². The van der Waals surface area contributed by atoms with Crippen molar-refractivity contribution in [1.82, 2.24) is 9.97 Å². The van der Waals surface area contributed by atoms with Crippen LogP contribution in [0.1, 0.15) is 13.8 Å². The number of anilines is 1. The van der Waals surface area contributed by atoms with Crippen molar-refractivity contribution in [3.63, 3.8) is 0 Å². The lowest BCUT2D eigenvalue weighted by Crippen LogP contribution is -2.37. The predicted molar refractivity (Wildman–Crippen MR) is 61.2 cm³/mol. The van der Waals surface area contributed by atoms with Gasteiger partial charge in [-0.15, -0.1) is 0 Å². The first-order valence-electron chi connectivity index (χ1n) is 4.43. The van der Waals surface area contributed by atoms with Gasteiger partial charge >= 0.3 is 0 Å². The average Bonchev–Trinajstić information content (AvgIpc) is 2.17. The van der Waals surface area contributed by atoms with Gasteiger partial charge in [0, 0.05) is 6.54 Å². The van der Waals surface area contributed by atoms with Crippen LogP contribution in [-0.4, -0.2) is 22.4 Å². The highest BCUT2D eigenvalue weighted by molar-refractivity contribution is 9.10. The lowest BCUT2D eigenvalue weighted by atomic mass is 9.93. The molecule has 1 heterocycles. The first kappa shape index (κ1) is 11.9. The normalized spacial score (nSPS) is 11.1. The van der Waals surface area contributed by atoms with E-state index in [9.17, 15) is 4.79 Å². The van der Waals surface area contributed by atoms with E-state index in [1.807, 2.05) is 0 Å². The molecular formula is C9H13BrN4O. The van der Waals surface area contributed by atoms with Crippen molar-refractivity contribution in [3.05, 3.63) is 17.0 Å². The first-order chi connectivity index (χ1) is 6.92. The second-order valence-corrected chi connectivity index (χ2v) is 4.64. The number of amides is 1. The Kier molecular flexibility index (Phi) is 3.62. The molecule has 1 rings (SSSR count). The van der Waals surface area contributed by atoms with Crippen molar-refractivity contribution in [2.45, 2.75) is 13.8 Å². The van der Waals surface area contributed by atoms with Crippen LogP contribution in [0.3, 0.4) is 0 Å². The number of primary amides is 1. The minimum absolute atomic E-state index is 0.347. The maximum absolute atomic E-state index is 11.0. The Hall–Kier alpha value is -1.17. The molecule has 0 bridgehead atoms. The SMILES string of the molecule is CC(C)(CNc1cnc(Br)cn1)C(N)=O. The summed E-state index contributed by atoms with van der Waals surface area (Å²) in [5.74, 6) is 0.271. The van der Waals surface area contributed by atoms with Crippen LogP contribution in [0.4, 0.5) is 5.82 Å². The highest BCUT2D eigenvalue weighted by Crippen LogP contribution is 2.15. The van der Waals surface area contributed by atoms with Crippen LogP contribution in [0.25, 0.3) is 0 Å². The van der Waals surface area contributed by atoms with Crippen LogP contribution >= 0.6 is 15.9 Å². The third kappa shape index (κ3) is 3.47. The molecule has 0 aromatic carbocycles. The van der Waals surface area contributed by atoms with Crippen molar-refractivity contribution in [3.8, 4) is 0 Å². The quantitative estimate of drug-likeness (QED) is 0.862. The summed E-state index contributed by atoms with van der Waals surface area (Å²) >= 11 is 3.18. The summed E-state index contributed by atoms with van der Waals surface area (Å²) in [5.41, 5.74) is 4.63. The molecular weight excluding hydrogens is 260 g/mol. The molecule has 0 unspecified atom stereocenters. The molecule has 0 atom stereocenters. The summed E-state index contributed by atoms with van der Waals surface area (Å²) in [6.45, 7) is 3.97. The highest BCUT2D eigenvalue weighted by Gasteiger charge is 2.24. The number of carbonyl (C=O) groups excluding carboxylic acids is 1. The van der Waals surface area contributed by atoms with Crippen LogP contribution in [0, 0.1) is 5.41 Å². The number of hydrogen-bond donors (Lipinski definition) is 2. The van der Waals surface area contributed by atoms with Crippen LogP contribution in [0.2, 0.25) is 0 Å². The van der Waals surface area contributed by atoms with Crippen LogP contribution in [-0.2, 0) is 4.79 Å². The Balaban J connectivity index is 2.57. The van der Waals surface area contributed by atoms with E-state index >= 15 is 0 Å². The van der Waals surface area contributed by atoms with Gasteiger partial charge in [0.2, 0.25) is 5.91 Å². The Labute approximate surface area is 96.6 Å². The predicted octanol–water partition coefficient (Wildman–Crippen LogP) is 1.16. The van der Waals surface area contributed by atoms with E-state index in [-0.39, 0.29) is 5.91 Å². The summed E-state index contributed by atoms with van der Waals surface area (Å²) in [5, 5.41) is 3.00. The number of carbonyl (C=O) groups is 1. The fraction of sp³-hybridized carbons (Fsp3) is 0.444. The Bertz CT molecular complexity index is 350. The molecule has 82 valence electrons. The number of rotatable bonds is 4. The summed E-state index contributed by atoms with van der Waals surface area (Å²) < 4.78 is 0.669. The molecule has 1 aromatic rings. The van der Waals surface area contributed by atoms with Gasteiger partial charge in [-0.3, -0.25) is 4.79 Å². The Morgan fingerprint density at radius 2 is 2.20 bits per heavy atom. The topological polar surface area (TPSA) is 80.9 Å². The van der Waals surface area contributed by atoms with Gasteiger partial charge in [-0.25, -0.2) is 9.97 Å². The van der Waals surface area contributed by atoms with Crippen molar-refractivity contribution in [2.24, 2.45) is 11.1 Å². The van der Waals surface area contributed by atoms with Gasteiger partial charge in [0.05, 0.1) is 17.8 Å². The molecule has 1 amide bonds. The maximum atomic E-state index is 11.0. The highest BCUT2D eigenvalue weighted by atomic mass is 79.9. The fourth-order valence-electron chi connectivity index (χ4n) is 0.802. The molecule has 0 aliphatic rings. The van der Waals surface area contributed by atoms with Crippen LogP contribution in [0.5, 0.6) is 0 Å². The molecule has 0 fully saturated rings. The molecule has 3 N–H and O–H groups in total. The van der Waals surface area contributed by atoms with Crippen LogP contribution in [0.15, 0.2) is 17.0 Å². The van der Waals surface area contributed by atoms with Crippen molar-refractivity contribution in [2.75, 3.05) is 11.9 Å². The summed E-state index contributed by atoms with van der Waals surface area (Å²) in [6.07, 6.45) is 3.17. The molecule has 1 aromatic heterocycles. The van der Waals surface area contributed by atoms with E-state index in [1.54, 1.807) is 26.2 Å². The van der Waals surface area contributed by atoms with Gasteiger partial charge in [0.25, 0.3) is 0 Å². The lowest BCUT2D eigenvalue weighted by molar-refractivity contribution is -0.125. The Morgan fingerprint density at radius 3 is 2.67 bits per heavy atom. The van der Waals surface area contributed by atoms with E-state index in [1.165, 1.54) is 0 Å². The average molecular weight is 273 g/mol.